The predicted molar refractivity (Wildman–Crippen MR) is 107 cm³/mol. The molecule has 1 fully saturated rings. The Morgan fingerprint density at radius 3 is 2.63 bits per heavy atom. The van der Waals surface area contributed by atoms with Crippen molar-refractivity contribution < 1.29 is 8.42 Å². The van der Waals surface area contributed by atoms with Crippen LogP contribution < -0.4 is 5.32 Å². The fourth-order valence-electron chi connectivity index (χ4n) is 3.42. The number of nitrogens with one attached hydrogen (secondary N) is 1. The summed E-state index contributed by atoms with van der Waals surface area (Å²) in [5.74, 6) is 1.54. The summed E-state index contributed by atoms with van der Waals surface area (Å²) in [4.78, 5) is 8.96. The number of hydrogen-bond donors (Lipinski definition) is 1. The zero-order valence-electron chi connectivity index (χ0n) is 15.9. The minimum atomic E-state index is -3.41. The Morgan fingerprint density at radius 1 is 1.15 bits per heavy atom. The van der Waals surface area contributed by atoms with Crippen molar-refractivity contribution in [2.75, 3.05) is 31.5 Å². The Kier molecular flexibility index (Phi) is 6.41. The van der Waals surface area contributed by atoms with E-state index in [0.717, 1.165) is 30.2 Å². The molecule has 27 heavy (non-hydrogen) atoms. The highest BCUT2D eigenvalue weighted by molar-refractivity contribution is 7.86. The molecular formula is C19H27N5O2S. The van der Waals surface area contributed by atoms with Crippen LogP contribution in [0.25, 0.3) is 0 Å². The predicted octanol–water partition coefficient (Wildman–Crippen LogP) is 2.99. The van der Waals surface area contributed by atoms with Crippen molar-refractivity contribution in [1.29, 1.82) is 0 Å². The monoisotopic (exact) mass is 389 g/mol. The first-order chi connectivity index (χ1) is 13.0. The summed E-state index contributed by atoms with van der Waals surface area (Å²) in [6, 6.07) is 11.5. The zero-order chi connectivity index (χ0) is 19.3. The van der Waals surface area contributed by atoms with E-state index < -0.39 is 10.2 Å². The fraction of sp³-hybridized carbons (Fsp3) is 0.474. The van der Waals surface area contributed by atoms with E-state index in [0.29, 0.717) is 26.2 Å². The first kappa shape index (κ1) is 19.7. The molecule has 0 spiro atoms. The maximum atomic E-state index is 12.8. The van der Waals surface area contributed by atoms with Crippen molar-refractivity contribution in [2.45, 2.75) is 32.6 Å². The molecule has 7 nitrogen and oxygen atoms in total. The van der Waals surface area contributed by atoms with Crippen molar-refractivity contribution in [3.8, 4) is 0 Å². The number of piperidine rings is 1. The summed E-state index contributed by atoms with van der Waals surface area (Å²) in [6.45, 7) is 5.76. The standard InChI is InChI=1S/C19H27N5O2S/c1-3-23(4-2)27(25,26)24-14-8-9-16(15-24)17-10-7-12-19(21-17)22-18-11-5-6-13-20-18/h5-7,10-13,16H,3-4,8-9,14-15H2,1-2H3,(H,20,21,22)/t16-/m0/s1. The second kappa shape index (κ2) is 8.77. The van der Waals surface area contributed by atoms with Crippen molar-refractivity contribution in [3.05, 3.63) is 48.3 Å². The van der Waals surface area contributed by atoms with Gasteiger partial charge in [0, 0.05) is 44.0 Å². The molecule has 0 amide bonds. The van der Waals surface area contributed by atoms with Crippen LogP contribution in [0.3, 0.4) is 0 Å². The summed E-state index contributed by atoms with van der Waals surface area (Å²) in [7, 11) is -3.41. The number of pyridine rings is 2. The van der Waals surface area contributed by atoms with Crippen LogP contribution in [0.15, 0.2) is 42.6 Å². The summed E-state index contributed by atoms with van der Waals surface area (Å²) < 4.78 is 28.8. The Morgan fingerprint density at radius 2 is 1.93 bits per heavy atom. The van der Waals surface area contributed by atoms with Gasteiger partial charge in [0.25, 0.3) is 10.2 Å². The Hall–Kier alpha value is -2.03. The van der Waals surface area contributed by atoms with Crippen LogP contribution in [-0.2, 0) is 10.2 Å². The Labute approximate surface area is 161 Å². The SMILES string of the molecule is CCN(CC)S(=O)(=O)N1CCC[C@H](c2cccc(Nc3ccccn3)n2)C1. The molecule has 2 aromatic rings. The van der Waals surface area contributed by atoms with Gasteiger partial charge in [-0.1, -0.05) is 26.0 Å². The molecule has 8 heteroatoms. The van der Waals surface area contributed by atoms with Gasteiger partial charge in [-0.25, -0.2) is 9.97 Å². The molecule has 0 bridgehead atoms. The normalized spacial score (nSPS) is 18.6. The third-order valence-corrected chi connectivity index (χ3v) is 7.01. The van der Waals surface area contributed by atoms with E-state index in [1.165, 1.54) is 4.31 Å². The highest BCUT2D eigenvalue weighted by Gasteiger charge is 2.33. The topological polar surface area (TPSA) is 78.4 Å². The molecule has 1 aliphatic heterocycles. The molecule has 1 aliphatic rings. The van der Waals surface area contributed by atoms with Gasteiger partial charge in [-0.3, -0.25) is 0 Å². The molecule has 1 saturated heterocycles. The van der Waals surface area contributed by atoms with Crippen molar-refractivity contribution in [1.82, 2.24) is 18.6 Å². The second-order valence-electron chi connectivity index (χ2n) is 6.58. The van der Waals surface area contributed by atoms with Crippen LogP contribution in [0.4, 0.5) is 11.6 Å². The first-order valence-corrected chi connectivity index (χ1v) is 10.8. The number of anilines is 2. The molecule has 0 radical (unpaired) electrons. The third-order valence-electron chi connectivity index (χ3n) is 4.85. The average Bonchev–Trinajstić information content (AvgIpc) is 2.70. The quantitative estimate of drug-likeness (QED) is 0.788. The molecular weight excluding hydrogens is 362 g/mol. The van der Waals surface area contributed by atoms with Crippen LogP contribution in [0.5, 0.6) is 0 Å². The molecule has 0 unspecified atom stereocenters. The minimum absolute atomic E-state index is 0.0922. The molecule has 0 aliphatic carbocycles. The second-order valence-corrected chi connectivity index (χ2v) is 8.51. The van der Waals surface area contributed by atoms with Gasteiger partial charge in [0.1, 0.15) is 11.6 Å². The fourth-order valence-corrected chi connectivity index (χ4v) is 5.13. The molecule has 2 aromatic heterocycles. The molecule has 1 atom stereocenters. The zero-order valence-corrected chi connectivity index (χ0v) is 16.7. The van der Waals surface area contributed by atoms with E-state index in [1.807, 2.05) is 50.2 Å². The minimum Gasteiger partial charge on any atom is -0.325 e. The van der Waals surface area contributed by atoms with Gasteiger partial charge in [0.05, 0.1) is 0 Å². The van der Waals surface area contributed by atoms with Crippen molar-refractivity contribution in [2.24, 2.45) is 0 Å². The van der Waals surface area contributed by atoms with E-state index in [9.17, 15) is 8.42 Å². The van der Waals surface area contributed by atoms with Gasteiger partial charge in [-0.2, -0.15) is 17.0 Å². The molecule has 1 N–H and O–H groups in total. The van der Waals surface area contributed by atoms with Crippen LogP contribution in [-0.4, -0.2) is 53.2 Å². The Bertz CT molecular complexity index is 840. The lowest BCUT2D eigenvalue weighted by Crippen LogP contribution is -2.47. The van der Waals surface area contributed by atoms with Gasteiger partial charge in [-0.05, 0) is 37.1 Å². The largest absolute Gasteiger partial charge is 0.325 e. The van der Waals surface area contributed by atoms with E-state index in [4.69, 9.17) is 4.98 Å². The van der Waals surface area contributed by atoms with E-state index in [1.54, 1.807) is 10.5 Å². The number of nitrogens with zero attached hydrogens (tertiary/aromatic N) is 4. The van der Waals surface area contributed by atoms with Gasteiger partial charge in [0.15, 0.2) is 0 Å². The summed E-state index contributed by atoms with van der Waals surface area (Å²) in [5.41, 5.74) is 0.912. The maximum Gasteiger partial charge on any atom is 0.281 e. The molecule has 3 heterocycles. The van der Waals surface area contributed by atoms with Gasteiger partial charge in [0.2, 0.25) is 0 Å². The van der Waals surface area contributed by atoms with Crippen LogP contribution in [0.1, 0.15) is 38.3 Å². The lowest BCUT2D eigenvalue weighted by Gasteiger charge is -2.34. The number of aromatic nitrogens is 2. The molecule has 0 aromatic carbocycles. The first-order valence-electron chi connectivity index (χ1n) is 9.44. The molecule has 0 saturated carbocycles. The number of hydrogen-bond acceptors (Lipinski definition) is 5. The smallest absolute Gasteiger partial charge is 0.281 e. The van der Waals surface area contributed by atoms with Crippen LogP contribution >= 0.6 is 0 Å². The summed E-state index contributed by atoms with van der Waals surface area (Å²) in [5, 5.41) is 3.20. The summed E-state index contributed by atoms with van der Waals surface area (Å²) in [6.07, 6.45) is 3.50. The lowest BCUT2D eigenvalue weighted by atomic mass is 9.95. The number of rotatable bonds is 7. The van der Waals surface area contributed by atoms with E-state index in [2.05, 4.69) is 10.3 Å². The van der Waals surface area contributed by atoms with Crippen LogP contribution in [0.2, 0.25) is 0 Å². The van der Waals surface area contributed by atoms with Gasteiger partial charge < -0.3 is 5.32 Å². The summed E-state index contributed by atoms with van der Waals surface area (Å²) >= 11 is 0. The average molecular weight is 390 g/mol. The van der Waals surface area contributed by atoms with Crippen LogP contribution in [0, 0.1) is 0 Å². The molecule has 3 rings (SSSR count). The lowest BCUT2D eigenvalue weighted by molar-refractivity contribution is 0.285. The van der Waals surface area contributed by atoms with Crippen molar-refractivity contribution in [3.63, 3.8) is 0 Å². The van der Waals surface area contributed by atoms with Crippen molar-refractivity contribution >= 4 is 21.8 Å². The van der Waals surface area contributed by atoms with Gasteiger partial charge in [-0.15, -0.1) is 0 Å². The highest BCUT2D eigenvalue weighted by atomic mass is 32.2. The maximum absolute atomic E-state index is 12.8. The Balaban J connectivity index is 1.75. The molecule has 146 valence electrons. The van der Waals surface area contributed by atoms with E-state index >= 15 is 0 Å². The van der Waals surface area contributed by atoms with Gasteiger partial charge >= 0.3 is 0 Å². The third kappa shape index (κ3) is 4.63. The van der Waals surface area contributed by atoms with E-state index in [-0.39, 0.29) is 5.92 Å². The highest BCUT2D eigenvalue weighted by Crippen LogP contribution is 2.29.